The number of benzene rings is 1. The molecule has 0 radical (unpaired) electrons. The van der Waals surface area contributed by atoms with Gasteiger partial charge in [0.25, 0.3) is 0 Å². The number of aryl methyl sites for hydroxylation is 2. The first kappa shape index (κ1) is 23.4. The highest BCUT2D eigenvalue weighted by Gasteiger charge is 2.37. The van der Waals surface area contributed by atoms with E-state index in [2.05, 4.69) is 35.6 Å². The van der Waals surface area contributed by atoms with E-state index in [4.69, 9.17) is 27.3 Å². The van der Waals surface area contributed by atoms with Crippen LogP contribution in [0.25, 0.3) is 11.3 Å². The predicted octanol–water partition coefficient (Wildman–Crippen LogP) is 4.92. The fraction of sp³-hybridized carbons (Fsp3) is 0.292. The van der Waals surface area contributed by atoms with Crippen molar-refractivity contribution in [1.82, 2.24) is 9.97 Å². The number of halogens is 1. The third-order valence-electron chi connectivity index (χ3n) is 5.94. The minimum Gasteiger partial charge on any atom is -0.480 e. The fourth-order valence-corrected chi connectivity index (χ4v) is 4.76. The minimum atomic E-state index is -1.15. The number of aromatic nitrogens is 2. The van der Waals surface area contributed by atoms with Crippen LogP contribution in [0.2, 0.25) is 5.02 Å². The Bertz CT molecular complexity index is 1160. The lowest BCUT2D eigenvalue weighted by Gasteiger charge is -2.36. The second-order valence-corrected chi connectivity index (χ2v) is 9.51. The second kappa shape index (κ2) is 9.59. The number of nitrogens with two attached hydrogens (primary N) is 1. The molecule has 1 aliphatic rings. The van der Waals surface area contributed by atoms with Gasteiger partial charge in [0.05, 0.1) is 10.7 Å². The molecular weight excluding hydrogens is 458 g/mol. The number of piperidine rings is 1. The van der Waals surface area contributed by atoms with Crippen molar-refractivity contribution in [2.75, 3.05) is 22.7 Å². The van der Waals surface area contributed by atoms with Crippen LogP contribution in [0.4, 0.5) is 11.6 Å². The Morgan fingerprint density at radius 2 is 1.76 bits per heavy atom. The monoisotopic (exact) mass is 483 g/mol. The van der Waals surface area contributed by atoms with E-state index in [0.29, 0.717) is 36.8 Å². The van der Waals surface area contributed by atoms with Crippen molar-refractivity contribution in [2.24, 2.45) is 5.73 Å². The Morgan fingerprint density at radius 3 is 2.42 bits per heavy atom. The number of carboxylic acids is 1. The number of anilines is 2. The largest absolute Gasteiger partial charge is 0.480 e. The number of aliphatic carboxylic acids is 1. The molecule has 0 atom stereocenters. The first-order valence-electron chi connectivity index (χ1n) is 10.7. The van der Waals surface area contributed by atoms with E-state index in [1.165, 1.54) is 11.9 Å². The number of nitrogens with one attached hydrogen (secondary N) is 1. The molecule has 0 amide bonds. The zero-order chi connectivity index (χ0) is 23.6. The number of pyridine rings is 2. The minimum absolute atomic E-state index is 0.384. The van der Waals surface area contributed by atoms with Crippen LogP contribution in [0, 0.1) is 13.8 Å². The summed E-state index contributed by atoms with van der Waals surface area (Å²) in [5.74, 6) is 0.537. The highest BCUT2D eigenvalue weighted by molar-refractivity contribution is 8.00. The van der Waals surface area contributed by atoms with Crippen LogP contribution in [0.3, 0.4) is 0 Å². The third kappa shape index (κ3) is 5.08. The van der Waals surface area contributed by atoms with Crippen molar-refractivity contribution in [2.45, 2.75) is 37.3 Å². The van der Waals surface area contributed by atoms with Crippen molar-refractivity contribution in [1.29, 1.82) is 0 Å². The van der Waals surface area contributed by atoms with Gasteiger partial charge in [-0.2, -0.15) is 0 Å². The molecule has 172 valence electrons. The van der Waals surface area contributed by atoms with E-state index in [1.54, 1.807) is 0 Å². The van der Waals surface area contributed by atoms with Gasteiger partial charge in [-0.05, 0) is 62.1 Å². The standard InChI is InChI=1S/C24H26ClN5O2S/c1-15-5-3-6-16(2)21(15)22-17(25)9-10-18(27-22)29-33-20-8-4-7-19(28-20)30-13-11-24(26,12-14-30)23(31)32/h3-10H,11-14,26H2,1-2H3,(H,27,29)(H,31,32). The summed E-state index contributed by atoms with van der Waals surface area (Å²) < 4.78 is 3.26. The van der Waals surface area contributed by atoms with Gasteiger partial charge < -0.3 is 20.5 Å². The van der Waals surface area contributed by atoms with E-state index in [9.17, 15) is 9.90 Å². The molecule has 0 unspecified atom stereocenters. The van der Waals surface area contributed by atoms with E-state index in [-0.39, 0.29) is 0 Å². The Labute approximate surface area is 202 Å². The maximum atomic E-state index is 11.4. The molecule has 0 aliphatic carbocycles. The molecule has 4 rings (SSSR count). The molecule has 3 heterocycles. The van der Waals surface area contributed by atoms with Crippen LogP contribution in [0.5, 0.6) is 0 Å². The van der Waals surface area contributed by atoms with Crippen LogP contribution in [0.15, 0.2) is 53.6 Å². The van der Waals surface area contributed by atoms with E-state index < -0.39 is 11.5 Å². The van der Waals surface area contributed by atoms with Gasteiger partial charge in [-0.3, -0.25) is 4.79 Å². The van der Waals surface area contributed by atoms with Crippen molar-refractivity contribution in [3.8, 4) is 11.3 Å². The van der Waals surface area contributed by atoms with Crippen molar-refractivity contribution in [3.63, 3.8) is 0 Å². The Kier molecular flexibility index (Phi) is 6.78. The quantitative estimate of drug-likeness (QED) is 0.424. The lowest BCUT2D eigenvalue weighted by atomic mass is 9.89. The Morgan fingerprint density at radius 1 is 1.09 bits per heavy atom. The summed E-state index contributed by atoms with van der Waals surface area (Å²) in [7, 11) is 0. The average Bonchev–Trinajstić information content (AvgIpc) is 2.80. The van der Waals surface area contributed by atoms with Gasteiger partial charge in [0.15, 0.2) is 0 Å². The molecule has 7 nitrogen and oxygen atoms in total. The summed E-state index contributed by atoms with van der Waals surface area (Å²) in [4.78, 5) is 22.9. The predicted molar refractivity (Wildman–Crippen MR) is 134 cm³/mol. The lowest BCUT2D eigenvalue weighted by molar-refractivity contribution is -0.144. The average molecular weight is 484 g/mol. The molecule has 9 heteroatoms. The molecule has 0 spiro atoms. The van der Waals surface area contributed by atoms with Crippen LogP contribution >= 0.6 is 23.5 Å². The molecule has 3 aromatic rings. The normalized spacial score (nSPS) is 15.3. The molecule has 1 fully saturated rings. The van der Waals surface area contributed by atoms with Gasteiger partial charge in [-0.1, -0.05) is 35.9 Å². The summed E-state index contributed by atoms with van der Waals surface area (Å²) >= 11 is 7.84. The van der Waals surface area contributed by atoms with Gasteiger partial charge in [0, 0.05) is 30.6 Å². The zero-order valence-corrected chi connectivity index (χ0v) is 20.1. The topological polar surface area (TPSA) is 104 Å². The fourth-order valence-electron chi connectivity index (χ4n) is 3.95. The van der Waals surface area contributed by atoms with Gasteiger partial charge in [0.1, 0.15) is 22.2 Å². The first-order valence-corrected chi connectivity index (χ1v) is 11.9. The summed E-state index contributed by atoms with van der Waals surface area (Å²) in [6.45, 7) is 5.21. The number of carboxylic acid groups (broad SMARTS) is 1. The first-order chi connectivity index (χ1) is 15.8. The number of hydrogen-bond acceptors (Lipinski definition) is 7. The highest BCUT2D eigenvalue weighted by Crippen LogP contribution is 2.33. The van der Waals surface area contributed by atoms with Crippen LogP contribution in [-0.4, -0.2) is 39.7 Å². The van der Waals surface area contributed by atoms with E-state index in [0.717, 1.165) is 33.2 Å². The second-order valence-electron chi connectivity index (χ2n) is 8.28. The van der Waals surface area contributed by atoms with Gasteiger partial charge >= 0.3 is 5.97 Å². The SMILES string of the molecule is Cc1cccc(C)c1-c1nc(NSc2cccc(N3CCC(N)(C(=O)O)CC3)n2)ccc1Cl. The molecule has 1 aromatic carbocycles. The van der Waals surface area contributed by atoms with Crippen LogP contribution in [-0.2, 0) is 4.79 Å². The molecule has 2 aromatic heterocycles. The van der Waals surface area contributed by atoms with Gasteiger partial charge in [0.2, 0.25) is 0 Å². The molecule has 4 N–H and O–H groups in total. The van der Waals surface area contributed by atoms with Crippen LogP contribution < -0.4 is 15.4 Å². The van der Waals surface area contributed by atoms with Crippen molar-refractivity contribution in [3.05, 3.63) is 64.7 Å². The van der Waals surface area contributed by atoms with Gasteiger partial charge in [-0.25, -0.2) is 9.97 Å². The zero-order valence-electron chi connectivity index (χ0n) is 18.5. The number of carbonyl (C=O) groups is 1. The third-order valence-corrected chi connectivity index (χ3v) is 6.99. The lowest BCUT2D eigenvalue weighted by Crippen LogP contribution is -2.55. The summed E-state index contributed by atoms with van der Waals surface area (Å²) in [5, 5.41) is 10.7. The van der Waals surface area contributed by atoms with Crippen molar-refractivity contribution < 1.29 is 9.90 Å². The highest BCUT2D eigenvalue weighted by atomic mass is 35.5. The number of hydrogen-bond donors (Lipinski definition) is 3. The summed E-state index contributed by atoms with van der Waals surface area (Å²) in [6, 6.07) is 15.6. The smallest absolute Gasteiger partial charge is 0.323 e. The maximum absolute atomic E-state index is 11.4. The van der Waals surface area contributed by atoms with Crippen LogP contribution in [0.1, 0.15) is 24.0 Å². The number of rotatable bonds is 6. The van der Waals surface area contributed by atoms with Crippen molar-refractivity contribution >= 4 is 41.2 Å². The number of nitrogens with zero attached hydrogens (tertiary/aromatic N) is 3. The molecular formula is C24H26ClN5O2S. The summed E-state index contributed by atoms with van der Waals surface area (Å²) in [5.41, 5.74) is 8.86. The summed E-state index contributed by atoms with van der Waals surface area (Å²) in [6.07, 6.45) is 0.769. The van der Waals surface area contributed by atoms with E-state index >= 15 is 0 Å². The molecule has 1 saturated heterocycles. The Hall–Kier alpha value is -2.81. The van der Waals surface area contributed by atoms with E-state index in [1.807, 2.05) is 36.4 Å². The molecule has 0 bridgehead atoms. The molecule has 1 aliphatic heterocycles. The Balaban J connectivity index is 1.47. The molecule has 33 heavy (non-hydrogen) atoms. The maximum Gasteiger partial charge on any atom is 0.323 e. The van der Waals surface area contributed by atoms with Gasteiger partial charge in [-0.15, -0.1) is 0 Å². The molecule has 0 saturated carbocycles.